The van der Waals surface area contributed by atoms with E-state index in [1.807, 2.05) is 38.1 Å². The summed E-state index contributed by atoms with van der Waals surface area (Å²) in [5.74, 6) is 1.37. The van der Waals surface area contributed by atoms with Crippen molar-refractivity contribution in [1.29, 1.82) is 0 Å². The maximum atomic E-state index is 6.44. The van der Waals surface area contributed by atoms with Crippen LogP contribution >= 0.6 is 23.2 Å². The number of nitrogen functional groups attached to an aromatic ring is 1. The molecule has 0 bridgehead atoms. The molecule has 0 atom stereocenters. The normalized spacial score (nSPS) is 11.8. The van der Waals surface area contributed by atoms with Crippen molar-refractivity contribution in [2.75, 3.05) is 5.73 Å². The molecule has 0 saturated carbocycles. The van der Waals surface area contributed by atoms with Gasteiger partial charge in [-0.2, -0.15) is 5.10 Å². The predicted octanol–water partition coefficient (Wildman–Crippen LogP) is 4.63. The number of rotatable bonds is 4. The van der Waals surface area contributed by atoms with Gasteiger partial charge in [0.15, 0.2) is 11.4 Å². The smallest absolute Gasteiger partial charge is 0.193 e. The number of hydrogen-bond acceptors (Lipinski definition) is 6. The third-order valence-electron chi connectivity index (χ3n) is 4.52. The second kappa shape index (κ2) is 7.17. The largest absolute Gasteiger partial charge is 0.479 e. The third kappa shape index (κ3) is 3.47. The molecule has 4 rings (SSSR count). The number of halogens is 2. The Morgan fingerprint density at radius 3 is 2.55 bits per heavy atom. The van der Waals surface area contributed by atoms with E-state index in [9.17, 15) is 0 Å². The lowest BCUT2D eigenvalue weighted by atomic mass is 10.0. The maximum absolute atomic E-state index is 6.44. The van der Waals surface area contributed by atoms with E-state index in [1.165, 1.54) is 6.33 Å². The molecule has 29 heavy (non-hydrogen) atoms. The first kappa shape index (κ1) is 19.4. The Morgan fingerprint density at radius 2 is 1.83 bits per heavy atom. The summed E-state index contributed by atoms with van der Waals surface area (Å²) >= 11 is 12.6. The fraction of sp³-hybridized carbons (Fsp3) is 0.200. The highest BCUT2D eigenvalue weighted by Crippen LogP contribution is 2.41. The van der Waals surface area contributed by atoms with Gasteiger partial charge in [0.1, 0.15) is 24.2 Å². The number of hydrogen-bond donors (Lipinski definition) is 1. The molecule has 2 heterocycles. The van der Waals surface area contributed by atoms with Crippen molar-refractivity contribution in [2.45, 2.75) is 19.4 Å². The van der Waals surface area contributed by atoms with Crippen molar-refractivity contribution >= 4 is 39.9 Å². The Morgan fingerprint density at radius 1 is 1.03 bits per heavy atom. The number of aryl methyl sites for hydroxylation is 1. The Kier molecular flexibility index (Phi) is 4.80. The van der Waals surface area contributed by atoms with Gasteiger partial charge < -0.3 is 10.5 Å². The minimum atomic E-state index is -0.800. The van der Waals surface area contributed by atoms with Gasteiger partial charge in [0, 0.05) is 18.2 Å². The Labute approximate surface area is 177 Å². The summed E-state index contributed by atoms with van der Waals surface area (Å²) in [5.41, 5.74) is 7.55. The molecule has 2 N–H and O–H groups in total. The van der Waals surface area contributed by atoms with Crippen LogP contribution in [0, 0.1) is 0 Å². The van der Waals surface area contributed by atoms with E-state index in [1.54, 1.807) is 24.1 Å². The van der Waals surface area contributed by atoms with Gasteiger partial charge in [0.05, 0.1) is 20.9 Å². The zero-order valence-corrected chi connectivity index (χ0v) is 17.5. The first-order chi connectivity index (χ1) is 13.8. The van der Waals surface area contributed by atoms with Crippen molar-refractivity contribution in [3.8, 4) is 16.9 Å². The van der Waals surface area contributed by atoms with Crippen LogP contribution < -0.4 is 10.5 Å². The van der Waals surface area contributed by atoms with Crippen LogP contribution in [0.15, 0.2) is 43.0 Å². The molecule has 0 fully saturated rings. The van der Waals surface area contributed by atoms with Crippen molar-refractivity contribution in [3.05, 3.63) is 58.9 Å². The van der Waals surface area contributed by atoms with E-state index in [-0.39, 0.29) is 0 Å². The van der Waals surface area contributed by atoms with Gasteiger partial charge in [-0.15, -0.1) is 0 Å². The molecule has 2 aromatic carbocycles. The zero-order valence-electron chi connectivity index (χ0n) is 16.0. The van der Waals surface area contributed by atoms with Crippen LogP contribution in [-0.4, -0.2) is 24.7 Å². The van der Waals surface area contributed by atoms with Crippen LogP contribution in [0.25, 0.3) is 22.0 Å². The number of anilines is 1. The van der Waals surface area contributed by atoms with Gasteiger partial charge in [-0.25, -0.2) is 15.0 Å². The number of fused-ring (bicyclic) bond motifs is 1. The minimum Gasteiger partial charge on any atom is -0.479 e. The van der Waals surface area contributed by atoms with Crippen LogP contribution in [0.2, 0.25) is 10.0 Å². The average Bonchev–Trinajstić information content (AvgIpc) is 3.12. The molecule has 0 spiro atoms. The molecule has 0 aliphatic heterocycles. The highest BCUT2D eigenvalue weighted by atomic mass is 35.5. The molecule has 4 aromatic rings. The third-order valence-corrected chi connectivity index (χ3v) is 5.34. The van der Waals surface area contributed by atoms with Crippen LogP contribution in [-0.2, 0) is 12.6 Å². The van der Waals surface area contributed by atoms with E-state index in [0.717, 1.165) is 11.1 Å². The van der Waals surface area contributed by atoms with E-state index >= 15 is 0 Å². The summed E-state index contributed by atoms with van der Waals surface area (Å²) in [4.78, 5) is 12.9. The molecule has 7 nitrogen and oxygen atoms in total. The van der Waals surface area contributed by atoms with Crippen molar-refractivity contribution in [1.82, 2.24) is 24.7 Å². The molecular formula is C20H18Cl2N6O. The van der Waals surface area contributed by atoms with Gasteiger partial charge in [-0.05, 0) is 32.0 Å². The second-order valence-corrected chi connectivity index (χ2v) is 7.83. The number of ether oxygens (including phenoxy) is 1. The van der Waals surface area contributed by atoms with Crippen LogP contribution in [0.4, 0.5) is 5.82 Å². The van der Waals surface area contributed by atoms with Gasteiger partial charge in [0.25, 0.3) is 0 Å². The van der Waals surface area contributed by atoms with Gasteiger partial charge in [-0.3, -0.25) is 4.68 Å². The zero-order chi connectivity index (χ0) is 20.8. The first-order valence-electron chi connectivity index (χ1n) is 8.80. The molecule has 0 amide bonds. The Balaban J connectivity index is 1.89. The van der Waals surface area contributed by atoms with Gasteiger partial charge >= 0.3 is 0 Å². The summed E-state index contributed by atoms with van der Waals surface area (Å²) in [6.07, 6.45) is 3.04. The average molecular weight is 429 g/mol. The van der Waals surface area contributed by atoms with Crippen molar-refractivity contribution in [3.63, 3.8) is 0 Å². The molecule has 148 valence electrons. The van der Waals surface area contributed by atoms with E-state index < -0.39 is 5.60 Å². The lowest BCUT2D eigenvalue weighted by Crippen LogP contribution is -2.27. The number of benzene rings is 2. The lowest BCUT2D eigenvalue weighted by molar-refractivity contribution is 0.100. The summed E-state index contributed by atoms with van der Waals surface area (Å²) in [7, 11) is 1.80. The number of aromatic nitrogens is 5. The van der Waals surface area contributed by atoms with Crippen LogP contribution in [0.1, 0.15) is 19.7 Å². The van der Waals surface area contributed by atoms with E-state index in [0.29, 0.717) is 38.3 Å². The molecule has 0 radical (unpaired) electrons. The molecule has 0 unspecified atom stereocenters. The molecule has 9 heteroatoms. The SMILES string of the molecule is Cn1cnc(C(C)(C)Oc2ccc(-c3cccc(Cl)c3Cl)c3ncnc(N)c23)n1. The molecule has 0 saturated heterocycles. The fourth-order valence-electron chi connectivity index (χ4n) is 3.12. The molecule has 0 aliphatic carbocycles. The standard InChI is InChI=1S/C20H18Cl2N6O/c1-20(2,19-26-10-28(3)27-19)29-14-8-7-12(11-5-4-6-13(21)16(11)22)17-15(14)18(23)25-9-24-17/h4-10H,1-3H3,(H2,23,24,25). The van der Waals surface area contributed by atoms with Crippen molar-refractivity contribution in [2.24, 2.45) is 7.05 Å². The minimum absolute atomic E-state index is 0.301. The second-order valence-electron chi connectivity index (χ2n) is 7.05. The fourth-order valence-corrected chi connectivity index (χ4v) is 3.52. The van der Waals surface area contributed by atoms with Crippen molar-refractivity contribution < 1.29 is 4.74 Å². The van der Waals surface area contributed by atoms with Gasteiger partial charge in [0.2, 0.25) is 0 Å². The summed E-state index contributed by atoms with van der Waals surface area (Å²) in [6.45, 7) is 3.77. The lowest BCUT2D eigenvalue weighted by Gasteiger charge is -2.25. The van der Waals surface area contributed by atoms with Crippen LogP contribution in [0.3, 0.4) is 0 Å². The topological polar surface area (TPSA) is 91.7 Å². The molecule has 0 aliphatic rings. The first-order valence-corrected chi connectivity index (χ1v) is 9.56. The quantitative estimate of drug-likeness (QED) is 0.509. The molecule has 2 aromatic heterocycles. The summed E-state index contributed by atoms with van der Waals surface area (Å²) in [6, 6.07) is 9.14. The summed E-state index contributed by atoms with van der Waals surface area (Å²) in [5, 5.41) is 5.85. The van der Waals surface area contributed by atoms with E-state index in [4.69, 9.17) is 33.7 Å². The Bertz CT molecular complexity index is 1220. The number of nitrogens with zero attached hydrogens (tertiary/aromatic N) is 5. The Hall–Kier alpha value is -2.90. The summed E-state index contributed by atoms with van der Waals surface area (Å²) < 4.78 is 7.91. The monoisotopic (exact) mass is 428 g/mol. The van der Waals surface area contributed by atoms with E-state index in [2.05, 4.69) is 20.1 Å². The highest BCUT2D eigenvalue weighted by Gasteiger charge is 2.29. The van der Waals surface area contributed by atoms with Gasteiger partial charge in [-0.1, -0.05) is 35.3 Å². The number of nitrogens with two attached hydrogens (primary N) is 1. The van der Waals surface area contributed by atoms with Crippen LogP contribution in [0.5, 0.6) is 5.75 Å². The maximum Gasteiger partial charge on any atom is 0.193 e. The highest BCUT2D eigenvalue weighted by molar-refractivity contribution is 6.44. The molecular weight excluding hydrogens is 411 g/mol. The predicted molar refractivity (Wildman–Crippen MR) is 114 cm³/mol.